The van der Waals surface area contributed by atoms with Crippen LogP contribution >= 0.6 is 12.4 Å². The van der Waals surface area contributed by atoms with E-state index in [1.807, 2.05) is 31.4 Å². The zero-order valence-corrected chi connectivity index (χ0v) is 14.5. The average Bonchev–Trinajstić information content (AvgIpc) is 3.28. The summed E-state index contributed by atoms with van der Waals surface area (Å²) in [5, 5.41) is 18.8. The Kier molecular flexibility index (Phi) is 4.85. The Hall–Kier alpha value is -2.29. The van der Waals surface area contributed by atoms with Crippen molar-refractivity contribution in [1.82, 2.24) is 29.5 Å². The van der Waals surface area contributed by atoms with E-state index >= 15 is 0 Å². The number of aliphatic hydroxyl groups excluding tert-OH is 1. The fourth-order valence-corrected chi connectivity index (χ4v) is 3.16. The van der Waals surface area contributed by atoms with Gasteiger partial charge in [-0.05, 0) is 25.0 Å². The molecule has 132 valence electrons. The van der Waals surface area contributed by atoms with Crippen molar-refractivity contribution in [2.24, 2.45) is 12.8 Å². The van der Waals surface area contributed by atoms with Crippen LogP contribution in [0.1, 0.15) is 24.6 Å². The molecule has 0 radical (unpaired) electrons. The maximum Gasteiger partial charge on any atom is 0.200 e. The summed E-state index contributed by atoms with van der Waals surface area (Å²) in [7, 11) is 1.86. The Morgan fingerprint density at radius 2 is 2.12 bits per heavy atom. The van der Waals surface area contributed by atoms with E-state index in [2.05, 4.69) is 15.2 Å². The predicted octanol–water partition coefficient (Wildman–Crippen LogP) is 1.05. The lowest BCUT2D eigenvalue weighted by atomic mass is 10.1. The molecule has 1 fully saturated rings. The highest BCUT2D eigenvalue weighted by Crippen LogP contribution is 2.34. The molecule has 4 rings (SSSR count). The van der Waals surface area contributed by atoms with E-state index in [-0.39, 0.29) is 24.4 Å². The maximum atomic E-state index is 10.0. The third-order valence-corrected chi connectivity index (χ3v) is 4.40. The third-order valence-electron chi connectivity index (χ3n) is 4.40. The molecular weight excluding hydrogens is 342 g/mol. The second kappa shape index (κ2) is 6.91. The van der Waals surface area contributed by atoms with Gasteiger partial charge in [0.1, 0.15) is 17.2 Å². The molecule has 3 heterocycles. The molecule has 0 saturated heterocycles. The number of aromatic nitrogens is 6. The maximum absolute atomic E-state index is 10.0. The van der Waals surface area contributed by atoms with E-state index in [9.17, 15) is 5.11 Å². The number of hydrogen-bond acceptors (Lipinski definition) is 6. The topological polar surface area (TPSA) is 108 Å². The second-order valence-electron chi connectivity index (χ2n) is 6.19. The molecule has 1 aliphatic carbocycles. The number of aliphatic hydroxyl groups is 1. The van der Waals surface area contributed by atoms with Crippen LogP contribution in [0.15, 0.2) is 36.8 Å². The van der Waals surface area contributed by atoms with Crippen molar-refractivity contribution in [3.63, 3.8) is 0 Å². The van der Waals surface area contributed by atoms with Gasteiger partial charge in [0.25, 0.3) is 0 Å². The van der Waals surface area contributed by atoms with Gasteiger partial charge in [0.2, 0.25) is 0 Å². The van der Waals surface area contributed by atoms with Crippen LogP contribution in [0.2, 0.25) is 0 Å². The number of aryl methyl sites for hydroxylation is 1. The first-order chi connectivity index (χ1) is 11.6. The number of nitrogens with zero attached hydrogens (tertiary/aromatic N) is 6. The third kappa shape index (κ3) is 3.28. The van der Waals surface area contributed by atoms with Gasteiger partial charge in [-0.1, -0.05) is 6.07 Å². The molecule has 1 aliphatic rings. The summed E-state index contributed by atoms with van der Waals surface area (Å²) < 4.78 is 3.50. The minimum atomic E-state index is -0.507. The first-order valence-corrected chi connectivity index (χ1v) is 7.93. The van der Waals surface area contributed by atoms with Crippen LogP contribution in [-0.2, 0) is 7.05 Å². The highest BCUT2D eigenvalue weighted by molar-refractivity contribution is 5.85. The van der Waals surface area contributed by atoms with E-state index in [0.717, 1.165) is 11.5 Å². The summed E-state index contributed by atoms with van der Waals surface area (Å²) in [5.41, 5.74) is 7.52. The summed E-state index contributed by atoms with van der Waals surface area (Å²) in [6, 6.07) is 5.41. The van der Waals surface area contributed by atoms with Crippen molar-refractivity contribution >= 4 is 12.4 Å². The number of nitrogens with two attached hydrogens (primary N) is 1. The number of rotatable bonds is 3. The van der Waals surface area contributed by atoms with E-state index in [0.29, 0.717) is 24.4 Å². The Morgan fingerprint density at radius 3 is 2.72 bits per heavy atom. The fourth-order valence-electron chi connectivity index (χ4n) is 3.16. The van der Waals surface area contributed by atoms with E-state index in [1.54, 1.807) is 21.8 Å². The summed E-state index contributed by atoms with van der Waals surface area (Å²) in [4.78, 5) is 9.03. The standard InChI is InChI=1S/C16H19N7O.ClH/c1-22-9-11(8-19-22)23-16(10-6-12(17)14(24)7-10)20-15(21-23)13-4-2-3-5-18-13;/h2-5,8-10,12,14,24H,6-7,17H2,1H3;1H/t10-,12-,14-;/m0./s1. The van der Waals surface area contributed by atoms with Crippen LogP contribution in [0.3, 0.4) is 0 Å². The second-order valence-corrected chi connectivity index (χ2v) is 6.19. The Bertz CT molecular complexity index is 837. The number of halogens is 1. The number of hydrogen-bond donors (Lipinski definition) is 2. The van der Waals surface area contributed by atoms with E-state index in [1.165, 1.54) is 0 Å². The summed E-state index contributed by atoms with van der Waals surface area (Å²) in [5.74, 6) is 1.40. The smallest absolute Gasteiger partial charge is 0.200 e. The van der Waals surface area contributed by atoms with Gasteiger partial charge in [0.15, 0.2) is 5.82 Å². The van der Waals surface area contributed by atoms with Crippen molar-refractivity contribution in [1.29, 1.82) is 0 Å². The van der Waals surface area contributed by atoms with Crippen LogP contribution < -0.4 is 5.73 Å². The van der Waals surface area contributed by atoms with Crippen molar-refractivity contribution in [3.8, 4) is 17.2 Å². The molecule has 8 nitrogen and oxygen atoms in total. The zero-order chi connectivity index (χ0) is 16.7. The van der Waals surface area contributed by atoms with Crippen molar-refractivity contribution in [2.75, 3.05) is 0 Å². The molecule has 1 saturated carbocycles. The van der Waals surface area contributed by atoms with Crippen molar-refractivity contribution in [3.05, 3.63) is 42.6 Å². The average molecular weight is 362 g/mol. The molecule has 9 heteroatoms. The lowest BCUT2D eigenvalue weighted by Crippen LogP contribution is -2.28. The molecule has 25 heavy (non-hydrogen) atoms. The number of pyridine rings is 1. The van der Waals surface area contributed by atoms with Gasteiger partial charge in [-0.15, -0.1) is 17.5 Å². The van der Waals surface area contributed by atoms with Gasteiger partial charge >= 0.3 is 0 Å². The first kappa shape index (κ1) is 17.5. The first-order valence-electron chi connectivity index (χ1n) is 7.93. The molecule has 0 spiro atoms. The predicted molar refractivity (Wildman–Crippen MR) is 94.6 cm³/mol. The van der Waals surface area contributed by atoms with Gasteiger partial charge in [0, 0.05) is 25.2 Å². The lowest BCUT2D eigenvalue weighted by molar-refractivity contribution is 0.163. The van der Waals surface area contributed by atoms with Gasteiger partial charge in [-0.2, -0.15) is 5.10 Å². The van der Waals surface area contributed by atoms with E-state index in [4.69, 9.17) is 10.7 Å². The fraction of sp³-hybridized carbons (Fsp3) is 0.375. The van der Waals surface area contributed by atoms with Crippen molar-refractivity contribution in [2.45, 2.75) is 30.9 Å². The highest BCUT2D eigenvalue weighted by atomic mass is 35.5. The normalized spacial score (nSPS) is 22.8. The van der Waals surface area contributed by atoms with Gasteiger partial charge in [-0.3, -0.25) is 9.67 Å². The molecule has 0 aliphatic heterocycles. The molecule has 3 N–H and O–H groups in total. The quantitative estimate of drug-likeness (QED) is 0.722. The minimum Gasteiger partial charge on any atom is -0.391 e. The van der Waals surface area contributed by atoms with Gasteiger partial charge in [0.05, 0.1) is 18.5 Å². The SMILES string of the molecule is Cl.Cn1cc(-n2nc(-c3ccccn3)nc2[C@H]2C[C@H](N)[C@@H](O)C2)cn1. The minimum absolute atomic E-state index is 0. The van der Waals surface area contributed by atoms with Crippen LogP contribution in [0.5, 0.6) is 0 Å². The molecule has 0 unspecified atom stereocenters. The Balaban J connectivity index is 0.00000182. The summed E-state index contributed by atoms with van der Waals surface area (Å²) in [6.07, 6.45) is 6.10. The highest BCUT2D eigenvalue weighted by Gasteiger charge is 2.35. The van der Waals surface area contributed by atoms with Gasteiger partial charge < -0.3 is 10.8 Å². The summed E-state index contributed by atoms with van der Waals surface area (Å²) in [6.45, 7) is 0. The molecule has 3 aromatic heterocycles. The van der Waals surface area contributed by atoms with Crippen LogP contribution in [0, 0.1) is 0 Å². The molecule has 3 aromatic rings. The molecule has 0 aromatic carbocycles. The zero-order valence-electron chi connectivity index (χ0n) is 13.7. The molecule has 3 atom stereocenters. The largest absolute Gasteiger partial charge is 0.391 e. The molecular formula is C16H20ClN7O. The summed E-state index contributed by atoms with van der Waals surface area (Å²) >= 11 is 0. The van der Waals surface area contributed by atoms with Crippen LogP contribution in [0.4, 0.5) is 0 Å². The Morgan fingerprint density at radius 1 is 1.28 bits per heavy atom. The monoisotopic (exact) mass is 361 g/mol. The van der Waals surface area contributed by atoms with Gasteiger partial charge in [-0.25, -0.2) is 9.67 Å². The lowest BCUT2D eigenvalue weighted by Gasteiger charge is -2.09. The van der Waals surface area contributed by atoms with Crippen LogP contribution in [0.25, 0.3) is 17.2 Å². The van der Waals surface area contributed by atoms with Crippen LogP contribution in [-0.4, -0.2) is 46.8 Å². The van der Waals surface area contributed by atoms with Crippen molar-refractivity contribution < 1.29 is 5.11 Å². The Labute approximate surface area is 151 Å². The molecule has 0 bridgehead atoms. The molecule has 0 amide bonds. The van der Waals surface area contributed by atoms with E-state index < -0.39 is 6.10 Å².